The van der Waals surface area contributed by atoms with Crippen LogP contribution in [-0.4, -0.2) is 26.7 Å². The first-order valence-electron chi connectivity index (χ1n) is 7.81. The minimum absolute atomic E-state index is 0.0397. The van der Waals surface area contributed by atoms with Gasteiger partial charge in [-0.15, -0.1) is 0 Å². The molecule has 0 fully saturated rings. The summed E-state index contributed by atoms with van der Waals surface area (Å²) in [5.74, 6) is 0.264. The first-order valence-corrected chi connectivity index (χ1v) is 9.46. The molecule has 130 valence electrons. The third-order valence-electron chi connectivity index (χ3n) is 3.29. The number of sulfonamides is 1. The topological polar surface area (TPSA) is 72.5 Å². The highest BCUT2D eigenvalue weighted by molar-refractivity contribution is 7.90. The molecule has 0 unspecified atom stereocenters. The van der Waals surface area contributed by atoms with Crippen LogP contribution in [0.25, 0.3) is 0 Å². The molecule has 0 aliphatic heterocycles. The number of carbonyl (C=O) groups is 1. The van der Waals surface area contributed by atoms with Crippen LogP contribution >= 0.6 is 0 Å². The molecule has 0 aliphatic rings. The van der Waals surface area contributed by atoms with Gasteiger partial charge in [0, 0.05) is 6.42 Å². The molecule has 0 atom stereocenters. The minimum atomic E-state index is -3.55. The molecule has 0 saturated heterocycles. The van der Waals surface area contributed by atoms with Crippen molar-refractivity contribution in [2.24, 2.45) is 5.41 Å². The van der Waals surface area contributed by atoms with Gasteiger partial charge >= 0.3 is 0 Å². The van der Waals surface area contributed by atoms with Gasteiger partial charge in [0.2, 0.25) is 15.9 Å². The van der Waals surface area contributed by atoms with Crippen molar-refractivity contribution in [2.45, 2.75) is 47.0 Å². The molecule has 0 heterocycles. The summed E-state index contributed by atoms with van der Waals surface area (Å²) in [7, 11) is -3.55. The summed E-state index contributed by atoms with van der Waals surface area (Å²) in [4.78, 5) is 11.7. The van der Waals surface area contributed by atoms with E-state index in [4.69, 9.17) is 4.74 Å². The number of hydrogen-bond acceptors (Lipinski definition) is 4. The number of ether oxygens (including phenoxy) is 1. The van der Waals surface area contributed by atoms with Crippen molar-refractivity contribution in [3.63, 3.8) is 0 Å². The molecule has 1 aromatic rings. The van der Waals surface area contributed by atoms with Crippen molar-refractivity contribution in [3.05, 3.63) is 29.8 Å². The van der Waals surface area contributed by atoms with E-state index in [2.05, 4.69) is 4.72 Å². The van der Waals surface area contributed by atoms with Gasteiger partial charge in [-0.25, -0.2) is 8.42 Å². The number of rotatable bonds is 8. The molecule has 0 aromatic heterocycles. The van der Waals surface area contributed by atoms with Gasteiger partial charge in [-0.05, 0) is 36.8 Å². The van der Waals surface area contributed by atoms with Crippen LogP contribution in [0.5, 0.6) is 5.75 Å². The summed E-state index contributed by atoms with van der Waals surface area (Å²) in [6.45, 7) is 8.22. The van der Waals surface area contributed by atoms with Gasteiger partial charge in [-0.2, -0.15) is 0 Å². The number of carbonyl (C=O) groups excluding carboxylic acids is 1. The van der Waals surface area contributed by atoms with Gasteiger partial charge in [-0.3, -0.25) is 9.52 Å². The van der Waals surface area contributed by atoms with Crippen molar-refractivity contribution >= 4 is 15.9 Å². The molecule has 1 aromatic carbocycles. The maximum absolute atomic E-state index is 11.8. The zero-order valence-corrected chi connectivity index (χ0v) is 15.2. The average molecular weight is 341 g/mol. The average Bonchev–Trinajstić information content (AvgIpc) is 2.42. The molecule has 5 nitrogen and oxygen atoms in total. The van der Waals surface area contributed by atoms with E-state index in [1.165, 1.54) is 0 Å². The van der Waals surface area contributed by atoms with Gasteiger partial charge < -0.3 is 4.74 Å². The van der Waals surface area contributed by atoms with Crippen LogP contribution in [0.4, 0.5) is 0 Å². The Balaban J connectivity index is 2.30. The summed E-state index contributed by atoms with van der Waals surface area (Å²) in [6.07, 6.45) is 1.10. The quantitative estimate of drug-likeness (QED) is 0.738. The molecule has 1 rings (SSSR count). The summed E-state index contributed by atoms with van der Waals surface area (Å²) < 4.78 is 31.3. The highest BCUT2D eigenvalue weighted by atomic mass is 32.2. The van der Waals surface area contributed by atoms with Crippen LogP contribution in [0, 0.1) is 12.3 Å². The van der Waals surface area contributed by atoms with E-state index in [0.717, 1.165) is 11.3 Å². The second-order valence-corrected chi connectivity index (χ2v) is 8.71. The van der Waals surface area contributed by atoms with Crippen LogP contribution in [0.2, 0.25) is 0 Å². The van der Waals surface area contributed by atoms with E-state index < -0.39 is 15.9 Å². The maximum Gasteiger partial charge on any atom is 0.234 e. The van der Waals surface area contributed by atoms with Gasteiger partial charge in [0.1, 0.15) is 5.75 Å². The van der Waals surface area contributed by atoms with Crippen LogP contribution in [0.3, 0.4) is 0 Å². The lowest BCUT2D eigenvalue weighted by molar-refractivity contribution is -0.119. The molecule has 6 heteroatoms. The Bertz CT molecular complexity index is 618. The molecule has 0 bridgehead atoms. The van der Waals surface area contributed by atoms with Gasteiger partial charge in [-0.1, -0.05) is 39.0 Å². The molecule has 0 spiro atoms. The van der Waals surface area contributed by atoms with E-state index in [1.54, 1.807) is 0 Å². The van der Waals surface area contributed by atoms with Crippen molar-refractivity contribution in [2.75, 3.05) is 12.4 Å². The molecule has 0 aliphatic carbocycles. The molecule has 1 N–H and O–H groups in total. The van der Waals surface area contributed by atoms with Gasteiger partial charge in [0.05, 0.1) is 12.4 Å². The van der Waals surface area contributed by atoms with E-state index in [9.17, 15) is 13.2 Å². The predicted octanol–water partition coefficient (Wildman–Crippen LogP) is 3.04. The second-order valence-electron chi connectivity index (χ2n) is 6.87. The van der Waals surface area contributed by atoms with E-state index in [-0.39, 0.29) is 17.6 Å². The Morgan fingerprint density at radius 1 is 1.22 bits per heavy atom. The van der Waals surface area contributed by atoms with E-state index in [0.29, 0.717) is 19.4 Å². The summed E-state index contributed by atoms with van der Waals surface area (Å²) in [6, 6.07) is 7.63. The zero-order valence-electron chi connectivity index (χ0n) is 14.4. The monoisotopic (exact) mass is 341 g/mol. The van der Waals surface area contributed by atoms with Gasteiger partial charge in [0.25, 0.3) is 0 Å². The minimum Gasteiger partial charge on any atom is -0.493 e. The lowest BCUT2D eigenvalue weighted by Gasteiger charge is -2.17. The number of aryl methyl sites for hydroxylation is 1. The van der Waals surface area contributed by atoms with Crippen molar-refractivity contribution in [1.82, 2.24) is 4.72 Å². The maximum atomic E-state index is 11.8. The summed E-state index contributed by atoms with van der Waals surface area (Å²) in [5, 5.41) is 0. The first-order chi connectivity index (χ1) is 10.6. The first kappa shape index (κ1) is 19.5. The molecular weight excluding hydrogens is 314 g/mol. The van der Waals surface area contributed by atoms with Crippen LogP contribution in [-0.2, 0) is 14.8 Å². The lowest BCUT2D eigenvalue weighted by Crippen LogP contribution is -2.33. The SMILES string of the molecule is Cc1ccccc1OCCCC(=O)NS(=O)(=O)CCC(C)(C)C. The number of nitrogens with one attached hydrogen (secondary N) is 1. The molecule has 23 heavy (non-hydrogen) atoms. The normalized spacial score (nSPS) is 12.0. The Morgan fingerprint density at radius 2 is 1.87 bits per heavy atom. The van der Waals surface area contributed by atoms with Crippen molar-refractivity contribution < 1.29 is 17.9 Å². The highest BCUT2D eigenvalue weighted by Crippen LogP contribution is 2.19. The number of amides is 1. The van der Waals surface area contributed by atoms with Crippen LogP contribution < -0.4 is 9.46 Å². The Kier molecular flexibility index (Phi) is 7.06. The van der Waals surface area contributed by atoms with E-state index in [1.807, 2.05) is 52.0 Å². The summed E-state index contributed by atoms with van der Waals surface area (Å²) in [5.41, 5.74) is 0.945. The standard InChI is InChI=1S/C17H27NO4S/c1-14-8-5-6-9-15(14)22-12-7-10-16(19)18-23(20,21)13-11-17(2,3)4/h5-6,8-9H,7,10-13H2,1-4H3,(H,18,19). The lowest BCUT2D eigenvalue weighted by atomic mass is 9.94. The van der Waals surface area contributed by atoms with E-state index >= 15 is 0 Å². The van der Waals surface area contributed by atoms with Crippen molar-refractivity contribution in [3.8, 4) is 5.75 Å². The molecule has 0 radical (unpaired) electrons. The number of benzene rings is 1. The highest BCUT2D eigenvalue weighted by Gasteiger charge is 2.19. The summed E-state index contributed by atoms with van der Waals surface area (Å²) >= 11 is 0. The fourth-order valence-corrected chi connectivity index (χ4v) is 3.28. The third kappa shape index (κ3) is 8.59. The predicted molar refractivity (Wildman–Crippen MR) is 91.9 cm³/mol. The van der Waals surface area contributed by atoms with Gasteiger partial charge in [0.15, 0.2) is 0 Å². The van der Waals surface area contributed by atoms with Crippen LogP contribution in [0.1, 0.15) is 45.6 Å². The van der Waals surface area contributed by atoms with Crippen LogP contribution in [0.15, 0.2) is 24.3 Å². The fraction of sp³-hybridized carbons (Fsp3) is 0.588. The molecular formula is C17H27NO4S. The van der Waals surface area contributed by atoms with Crippen molar-refractivity contribution in [1.29, 1.82) is 0 Å². The zero-order chi connectivity index (χ0) is 17.5. The Hall–Kier alpha value is -1.56. The Labute approximate surface area is 139 Å². The third-order valence-corrected chi connectivity index (χ3v) is 4.57. The number of hydrogen-bond donors (Lipinski definition) is 1. The molecule has 1 amide bonds. The fourth-order valence-electron chi connectivity index (χ4n) is 1.85. The largest absolute Gasteiger partial charge is 0.493 e. The molecule has 0 saturated carbocycles. The Morgan fingerprint density at radius 3 is 2.48 bits per heavy atom. The second kappa shape index (κ2) is 8.34. The number of para-hydroxylation sites is 1. The smallest absolute Gasteiger partial charge is 0.234 e.